The first kappa shape index (κ1) is 23.2. The number of amides is 2. The van der Waals surface area contributed by atoms with E-state index in [2.05, 4.69) is 40.2 Å². The van der Waals surface area contributed by atoms with Crippen LogP contribution >= 0.6 is 0 Å². The van der Waals surface area contributed by atoms with Crippen LogP contribution in [-0.2, 0) is 9.59 Å². The molecule has 0 bridgehead atoms. The second-order valence-corrected chi connectivity index (χ2v) is 8.18. The summed E-state index contributed by atoms with van der Waals surface area (Å²) in [6.45, 7) is 7.67. The molecule has 3 aromatic carbocycles. The van der Waals surface area contributed by atoms with Crippen molar-refractivity contribution in [1.82, 2.24) is 10.6 Å². The number of hydrogen-bond acceptors (Lipinski definition) is 3. The molecular weight excluding hydrogens is 398 g/mol. The molecule has 0 spiro atoms. The number of para-hydroxylation sites is 1. The molecule has 166 valence electrons. The Morgan fingerprint density at radius 2 is 1.38 bits per heavy atom. The molecule has 0 radical (unpaired) electrons. The van der Waals surface area contributed by atoms with Crippen molar-refractivity contribution in [3.05, 3.63) is 101 Å². The molecule has 2 atom stereocenters. The molecule has 5 nitrogen and oxygen atoms in total. The lowest BCUT2D eigenvalue weighted by atomic mass is 9.97. The van der Waals surface area contributed by atoms with Crippen LogP contribution in [0.2, 0.25) is 0 Å². The number of rotatable bonds is 8. The maximum absolute atomic E-state index is 12.7. The Hall–Kier alpha value is -3.44. The first-order chi connectivity index (χ1) is 15.3. The van der Waals surface area contributed by atoms with Crippen molar-refractivity contribution in [2.24, 2.45) is 0 Å². The molecule has 2 amide bonds. The summed E-state index contributed by atoms with van der Waals surface area (Å²) >= 11 is 0. The summed E-state index contributed by atoms with van der Waals surface area (Å²) in [4.78, 5) is 25.1. The smallest absolute Gasteiger partial charge is 0.243 e. The largest absolute Gasteiger partial charge is 0.346 e. The maximum atomic E-state index is 12.7. The zero-order chi connectivity index (χ0) is 23.1. The number of hydrogen-bond donors (Lipinski definition) is 3. The van der Waals surface area contributed by atoms with Gasteiger partial charge >= 0.3 is 0 Å². The Kier molecular flexibility index (Phi) is 7.79. The van der Waals surface area contributed by atoms with Crippen molar-refractivity contribution in [3.63, 3.8) is 0 Å². The van der Waals surface area contributed by atoms with Crippen molar-refractivity contribution in [2.75, 3.05) is 11.9 Å². The molecule has 0 saturated heterocycles. The quantitative estimate of drug-likeness (QED) is 0.496. The molecular formula is C27H31N3O2. The standard InChI is InChI=1S/C27H31N3O2/c1-18-13-15-23(16-14-18)26(22-11-6-5-7-12-22)29-21(4)27(32)28-17-24(31)30-25-19(2)9-8-10-20(25)3/h5-16,21,26,29H,17H2,1-4H3,(H,28,32)(H,30,31)/t21-,26+/m1/s1. The third-order valence-corrected chi connectivity index (χ3v) is 5.52. The van der Waals surface area contributed by atoms with Gasteiger partial charge in [0, 0.05) is 5.69 Å². The minimum absolute atomic E-state index is 0.0842. The minimum Gasteiger partial charge on any atom is -0.346 e. The van der Waals surface area contributed by atoms with Gasteiger partial charge in [0.1, 0.15) is 0 Å². The van der Waals surface area contributed by atoms with Crippen LogP contribution in [0, 0.1) is 20.8 Å². The third-order valence-electron chi connectivity index (χ3n) is 5.52. The highest BCUT2D eigenvalue weighted by Crippen LogP contribution is 2.23. The lowest BCUT2D eigenvalue weighted by Crippen LogP contribution is -2.46. The van der Waals surface area contributed by atoms with E-state index in [4.69, 9.17) is 0 Å². The van der Waals surface area contributed by atoms with Crippen molar-refractivity contribution in [3.8, 4) is 0 Å². The van der Waals surface area contributed by atoms with Gasteiger partial charge in [0.2, 0.25) is 11.8 Å². The Bertz CT molecular complexity index is 1040. The second kappa shape index (κ2) is 10.7. The number of nitrogens with one attached hydrogen (secondary N) is 3. The number of carbonyl (C=O) groups excluding carboxylic acids is 2. The Balaban J connectivity index is 1.63. The Morgan fingerprint density at radius 3 is 2.00 bits per heavy atom. The zero-order valence-electron chi connectivity index (χ0n) is 19.1. The van der Waals surface area contributed by atoms with Gasteiger partial charge in [-0.3, -0.25) is 14.9 Å². The maximum Gasteiger partial charge on any atom is 0.243 e. The molecule has 0 unspecified atom stereocenters. The van der Waals surface area contributed by atoms with Crippen molar-refractivity contribution < 1.29 is 9.59 Å². The van der Waals surface area contributed by atoms with Gasteiger partial charge in [-0.2, -0.15) is 0 Å². The third kappa shape index (κ3) is 6.05. The SMILES string of the molecule is Cc1ccc([C@@H](N[C@H](C)C(=O)NCC(=O)Nc2c(C)cccc2C)c2ccccc2)cc1. The van der Waals surface area contributed by atoms with Gasteiger partial charge in [-0.15, -0.1) is 0 Å². The number of benzene rings is 3. The first-order valence-electron chi connectivity index (χ1n) is 10.9. The molecule has 0 saturated carbocycles. The average Bonchev–Trinajstić information content (AvgIpc) is 2.79. The molecule has 0 heterocycles. The van der Waals surface area contributed by atoms with E-state index in [1.807, 2.05) is 76.2 Å². The summed E-state index contributed by atoms with van der Waals surface area (Å²) < 4.78 is 0. The molecule has 0 aliphatic heterocycles. The van der Waals surface area contributed by atoms with Gasteiger partial charge in [-0.1, -0.05) is 78.4 Å². The monoisotopic (exact) mass is 429 g/mol. The molecule has 3 rings (SSSR count). The van der Waals surface area contributed by atoms with Crippen LogP contribution in [0.4, 0.5) is 5.69 Å². The topological polar surface area (TPSA) is 70.2 Å². The normalized spacial score (nSPS) is 12.6. The van der Waals surface area contributed by atoms with Gasteiger partial charge in [0.15, 0.2) is 0 Å². The van der Waals surface area contributed by atoms with Gasteiger partial charge in [-0.25, -0.2) is 0 Å². The highest BCUT2D eigenvalue weighted by Gasteiger charge is 2.21. The fraction of sp³-hybridized carbons (Fsp3) is 0.259. The van der Waals surface area contributed by atoms with Gasteiger partial charge in [0.25, 0.3) is 0 Å². The average molecular weight is 430 g/mol. The summed E-state index contributed by atoms with van der Waals surface area (Å²) in [5, 5.41) is 9.06. The van der Waals surface area contributed by atoms with E-state index in [0.29, 0.717) is 0 Å². The van der Waals surface area contributed by atoms with Crippen LogP contribution in [0.25, 0.3) is 0 Å². The summed E-state index contributed by atoms with van der Waals surface area (Å²) in [5.41, 5.74) is 6.10. The van der Waals surface area contributed by atoms with E-state index < -0.39 is 6.04 Å². The number of carbonyl (C=O) groups is 2. The number of aryl methyl sites for hydroxylation is 3. The van der Waals surface area contributed by atoms with Crippen molar-refractivity contribution >= 4 is 17.5 Å². The fourth-order valence-corrected chi connectivity index (χ4v) is 3.63. The summed E-state index contributed by atoms with van der Waals surface area (Å²) in [5.74, 6) is -0.476. The lowest BCUT2D eigenvalue weighted by Gasteiger charge is -2.24. The van der Waals surface area contributed by atoms with Gasteiger partial charge < -0.3 is 10.6 Å². The van der Waals surface area contributed by atoms with Crippen molar-refractivity contribution in [2.45, 2.75) is 39.8 Å². The highest BCUT2D eigenvalue weighted by molar-refractivity contribution is 5.96. The van der Waals surface area contributed by atoms with Gasteiger partial charge in [0.05, 0.1) is 18.6 Å². The van der Waals surface area contributed by atoms with Crippen LogP contribution in [0.1, 0.15) is 40.8 Å². The fourth-order valence-electron chi connectivity index (χ4n) is 3.63. The molecule has 0 aliphatic rings. The summed E-state index contributed by atoms with van der Waals surface area (Å²) in [6.07, 6.45) is 0. The molecule has 32 heavy (non-hydrogen) atoms. The predicted octanol–water partition coefficient (Wildman–Crippen LogP) is 4.43. The van der Waals surface area contributed by atoms with E-state index in [-0.39, 0.29) is 24.4 Å². The van der Waals surface area contributed by atoms with Crippen LogP contribution in [0.15, 0.2) is 72.8 Å². The highest BCUT2D eigenvalue weighted by atomic mass is 16.2. The predicted molar refractivity (Wildman–Crippen MR) is 130 cm³/mol. The zero-order valence-corrected chi connectivity index (χ0v) is 19.1. The van der Waals surface area contributed by atoms with Crippen LogP contribution < -0.4 is 16.0 Å². The molecule has 0 aromatic heterocycles. The van der Waals surface area contributed by atoms with Crippen molar-refractivity contribution in [1.29, 1.82) is 0 Å². The molecule has 3 aromatic rings. The van der Waals surface area contributed by atoms with E-state index in [1.54, 1.807) is 0 Å². The molecule has 3 N–H and O–H groups in total. The second-order valence-electron chi connectivity index (χ2n) is 8.18. The van der Waals surface area contributed by atoms with E-state index in [1.165, 1.54) is 5.56 Å². The molecule has 5 heteroatoms. The van der Waals surface area contributed by atoms with Crippen LogP contribution in [0.3, 0.4) is 0 Å². The Morgan fingerprint density at radius 1 is 0.781 bits per heavy atom. The first-order valence-corrected chi connectivity index (χ1v) is 10.9. The van der Waals surface area contributed by atoms with Gasteiger partial charge in [-0.05, 0) is 49.9 Å². The lowest BCUT2D eigenvalue weighted by molar-refractivity contribution is -0.125. The summed E-state index contributed by atoms with van der Waals surface area (Å²) in [7, 11) is 0. The number of anilines is 1. The van der Waals surface area contributed by atoms with Crippen LogP contribution in [0.5, 0.6) is 0 Å². The molecule has 0 aliphatic carbocycles. The van der Waals surface area contributed by atoms with E-state index in [0.717, 1.165) is 27.9 Å². The van der Waals surface area contributed by atoms with Crippen LogP contribution in [-0.4, -0.2) is 24.4 Å². The van der Waals surface area contributed by atoms with E-state index in [9.17, 15) is 9.59 Å². The summed E-state index contributed by atoms with van der Waals surface area (Å²) in [6, 6.07) is 23.5. The molecule has 0 fully saturated rings. The Labute approximate surface area is 190 Å². The van der Waals surface area contributed by atoms with E-state index >= 15 is 0 Å². The minimum atomic E-state index is -0.491.